The molecule has 0 radical (unpaired) electrons. The van der Waals surface area contributed by atoms with E-state index in [0.29, 0.717) is 23.6 Å². The Morgan fingerprint density at radius 1 is 1.21 bits per heavy atom. The molecule has 0 fully saturated rings. The van der Waals surface area contributed by atoms with E-state index in [0.717, 1.165) is 22.3 Å². The summed E-state index contributed by atoms with van der Waals surface area (Å²) in [6.07, 6.45) is 0.165. The van der Waals surface area contributed by atoms with Gasteiger partial charge >= 0.3 is 5.97 Å². The molecule has 174 valence electrons. The van der Waals surface area contributed by atoms with Gasteiger partial charge in [0.05, 0.1) is 7.11 Å². The van der Waals surface area contributed by atoms with Gasteiger partial charge in [-0.25, -0.2) is 9.18 Å². The molecule has 3 aromatic carbocycles. The summed E-state index contributed by atoms with van der Waals surface area (Å²) in [5.74, 6) is -0.394. The summed E-state index contributed by atoms with van der Waals surface area (Å²) in [6, 6.07) is 14.9. The van der Waals surface area contributed by atoms with E-state index in [1.54, 1.807) is 12.0 Å². The normalized spacial score (nSPS) is 15.3. The van der Waals surface area contributed by atoms with Crippen LogP contribution in [0.4, 0.5) is 10.4 Å². The minimum atomic E-state index is -1.02. The minimum Gasteiger partial charge on any atom is -0.493 e. The highest BCUT2D eigenvalue weighted by Crippen LogP contribution is 2.40. The van der Waals surface area contributed by atoms with Crippen molar-refractivity contribution in [2.75, 3.05) is 12.0 Å². The molecular weight excluding hydrogens is 439 g/mol. The van der Waals surface area contributed by atoms with Gasteiger partial charge in [-0.2, -0.15) is 4.98 Å². The minimum absolute atomic E-state index is 0.136. The Morgan fingerprint density at radius 3 is 2.74 bits per heavy atom. The maximum absolute atomic E-state index is 13.6. The lowest BCUT2D eigenvalue weighted by atomic mass is 9.93. The van der Waals surface area contributed by atoms with E-state index in [-0.39, 0.29) is 24.6 Å². The number of methoxy groups -OCH3 is 1. The molecule has 4 aromatic rings. The van der Waals surface area contributed by atoms with Gasteiger partial charge in [0.1, 0.15) is 24.0 Å². The predicted molar refractivity (Wildman–Crippen MR) is 124 cm³/mol. The lowest BCUT2D eigenvalue weighted by Crippen LogP contribution is -2.46. The van der Waals surface area contributed by atoms with Crippen molar-refractivity contribution < 1.29 is 28.2 Å². The molecule has 0 spiro atoms. The Bertz CT molecular complexity index is 1370. The molecule has 0 saturated carbocycles. The van der Waals surface area contributed by atoms with Gasteiger partial charge in [-0.3, -0.25) is 0 Å². The zero-order chi connectivity index (χ0) is 23.8. The van der Waals surface area contributed by atoms with Crippen LogP contribution in [0.3, 0.4) is 0 Å². The summed E-state index contributed by atoms with van der Waals surface area (Å²) in [5, 5.41) is 10.0. The number of fused-ring (bicyclic) bond motifs is 2. The molecule has 8 heteroatoms. The summed E-state index contributed by atoms with van der Waals surface area (Å²) in [4.78, 5) is 18.2. The molecule has 0 bridgehead atoms. The van der Waals surface area contributed by atoms with E-state index in [9.17, 15) is 14.3 Å². The van der Waals surface area contributed by atoms with Gasteiger partial charge in [-0.15, -0.1) is 0 Å². The first-order valence-corrected chi connectivity index (χ1v) is 10.9. The van der Waals surface area contributed by atoms with Crippen LogP contribution in [0, 0.1) is 12.7 Å². The lowest BCUT2D eigenvalue weighted by molar-refractivity contribution is -0.138. The van der Waals surface area contributed by atoms with Crippen LogP contribution in [-0.2, 0) is 24.4 Å². The topological polar surface area (TPSA) is 85.0 Å². The number of oxazole rings is 1. The summed E-state index contributed by atoms with van der Waals surface area (Å²) < 4.78 is 31.0. The van der Waals surface area contributed by atoms with Gasteiger partial charge in [0, 0.05) is 24.6 Å². The number of aliphatic carboxylic acids is 1. The van der Waals surface area contributed by atoms with Gasteiger partial charge < -0.3 is 23.9 Å². The largest absolute Gasteiger partial charge is 0.493 e. The molecule has 5 rings (SSSR count). The fourth-order valence-electron chi connectivity index (χ4n) is 4.21. The van der Waals surface area contributed by atoms with Crippen LogP contribution in [-0.4, -0.2) is 29.2 Å². The quantitative estimate of drug-likeness (QED) is 0.437. The van der Waals surface area contributed by atoms with Gasteiger partial charge in [0.25, 0.3) is 6.01 Å². The van der Waals surface area contributed by atoms with E-state index in [1.807, 2.05) is 43.3 Å². The zero-order valence-corrected chi connectivity index (χ0v) is 18.7. The molecule has 1 aliphatic rings. The monoisotopic (exact) mass is 462 g/mol. The molecular formula is C26H23FN2O5. The predicted octanol–water partition coefficient (Wildman–Crippen LogP) is 4.88. The van der Waals surface area contributed by atoms with Crippen molar-refractivity contribution >= 4 is 23.1 Å². The number of aromatic nitrogens is 1. The number of nitrogens with zero attached hydrogens (tertiary/aromatic N) is 2. The summed E-state index contributed by atoms with van der Waals surface area (Å²) >= 11 is 0. The van der Waals surface area contributed by atoms with Gasteiger partial charge in [-0.05, 0) is 36.2 Å². The average Bonchev–Trinajstić information content (AvgIpc) is 3.25. The maximum Gasteiger partial charge on any atom is 0.326 e. The standard InChI is InChI=1S/C26H23FN2O5/c1-15-3-5-16(6-4-15)14-33-24-19-12-21(25(30)31)29(13-17(19)7-10-22(24)32-2)26-28-20-9-8-18(27)11-23(20)34-26/h3-11,21H,12-14H2,1-2H3,(H,30,31). The molecule has 1 aliphatic heterocycles. The SMILES string of the molecule is COc1ccc2c(c1OCc1ccc(C)cc1)CC(C(=O)O)N(c1nc3ccc(F)cc3o1)C2. The summed E-state index contributed by atoms with van der Waals surface area (Å²) in [6.45, 7) is 2.59. The number of anilines is 1. The third kappa shape index (κ3) is 4.03. The molecule has 1 unspecified atom stereocenters. The van der Waals surface area contributed by atoms with Crippen LogP contribution < -0.4 is 14.4 Å². The Labute approximate surface area is 195 Å². The third-order valence-electron chi connectivity index (χ3n) is 6.03. The van der Waals surface area contributed by atoms with Crippen LogP contribution in [0.2, 0.25) is 0 Å². The van der Waals surface area contributed by atoms with E-state index in [2.05, 4.69) is 4.98 Å². The van der Waals surface area contributed by atoms with Crippen molar-refractivity contribution in [1.82, 2.24) is 4.98 Å². The van der Waals surface area contributed by atoms with Crippen LogP contribution in [0.25, 0.3) is 11.1 Å². The average molecular weight is 462 g/mol. The van der Waals surface area contributed by atoms with Crippen LogP contribution >= 0.6 is 0 Å². The summed E-state index contributed by atoms with van der Waals surface area (Å²) in [7, 11) is 1.56. The molecule has 2 heterocycles. The van der Waals surface area contributed by atoms with Crippen molar-refractivity contribution in [2.45, 2.75) is 32.5 Å². The Kier molecular flexibility index (Phi) is 5.57. The maximum atomic E-state index is 13.6. The molecule has 0 amide bonds. The lowest BCUT2D eigenvalue weighted by Gasteiger charge is -2.34. The van der Waals surface area contributed by atoms with Gasteiger partial charge in [-0.1, -0.05) is 35.9 Å². The van der Waals surface area contributed by atoms with Crippen LogP contribution in [0.1, 0.15) is 22.3 Å². The Morgan fingerprint density at radius 2 is 2.00 bits per heavy atom. The van der Waals surface area contributed by atoms with E-state index in [4.69, 9.17) is 13.9 Å². The highest BCUT2D eigenvalue weighted by molar-refractivity contribution is 5.81. The summed E-state index contributed by atoms with van der Waals surface area (Å²) in [5.41, 5.74) is 4.54. The number of aryl methyl sites for hydroxylation is 1. The Balaban J connectivity index is 1.50. The molecule has 7 nitrogen and oxygen atoms in total. The highest BCUT2D eigenvalue weighted by Gasteiger charge is 2.36. The van der Waals surface area contributed by atoms with E-state index in [1.165, 1.54) is 18.2 Å². The molecule has 0 aliphatic carbocycles. The van der Waals surface area contributed by atoms with E-state index < -0.39 is 17.8 Å². The number of carboxylic acid groups (broad SMARTS) is 1. The second-order valence-corrected chi connectivity index (χ2v) is 8.30. The number of carbonyl (C=O) groups is 1. The first kappa shape index (κ1) is 21.8. The first-order chi connectivity index (χ1) is 16.4. The van der Waals surface area contributed by atoms with Crippen LogP contribution in [0.5, 0.6) is 11.5 Å². The molecule has 1 aromatic heterocycles. The van der Waals surface area contributed by atoms with Crippen molar-refractivity contribution in [3.8, 4) is 11.5 Å². The number of hydrogen-bond donors (Lipinski definition) is 1. The second kappa shape index (κ2) is 8.70. The first-order valence-electron chi connectivity index (χ1n) is 10.9. The molecule has 0 saturated heterocycles. The number of hydrogen-bond acceptors (Lipinski definition) is 6. The molecule has 34 heavy (non-hydrogen) atoms. The number of benzene rings is 3. The van der Waals surface area contributed by atoms with Gasteiger partial charge in [0.2, 0.25) is 0 Å². The van der Waals surface area contributed by atoms with Gasteiger partial charge in [0.15, 0.2) is 17.1 Å². The fourth-order valence-corrected chi connectivity index (χ4v) is 4.21. The second-order valence-electron chi connectivity index (χ2n) is 8.30. The van der Waals surface area contributed by atoms with Crippen molar-refractivity contribution in [1.29, 1.82) is 0 Å². The molecule has 1 N–H and O–H groups in total. The highest BCUT2D eigenvalue weighted by atomic mass is 19.1. The van der Waals surface area contributed by atoms with Crippen molar-refractivity contribution in [3.05, 3.63) is 82.7 Å². The van der Waals surface area contributed by atoms with Crippen molar-refractivity contribution in [2.24, 2.45) is 0 Å². The number of ether oxygens (including phenoxy) is 2. The Hall–Kier alpha value is -4.07. The van der Waals surface area contributed by atoms with E-state index >= 15 is 0 Å². The third-order valence-corrected chi connectivity index (χ3v) is 6.03. The fraction of sp³-hybridized carbons (Fsp3) is 0.231. The number of halogens is 1. The molecule has 1 atom stereocenters. The van der Waals surface area contributed by atoms with Crippen molar-refractivity contribution in [3.63, 3.8) is 0 Å². The number of carboxylic acids is 1. The smallest absolute Gasteiger partial charge is 0.326 e. The van der Waals surface area contributed by atoms with Crippen LogP contribution in [0.15, 0.2) is 59.0 Å². The number of rotatable bonds is 6. The zero-order valence-electron chi connectivity index (χ0n) is 18.7.